The molecule has 0 aliphatic heterocycles. The van der Waals surface area contributed by atoms with Gasteiger partial charge in [-0.25, -0.2) is 13.8 Å². The van der Waals surface area contributed by atoms with Gasteiger partial charge in [0.25, 0.3) is 5.91 Å². The molecule has 0 saturated heterocycles. The number of para-hydroxylation sites is 1. The van der Waals surface area contributed by atoms with Crippen LogP contribution in [0.3, 0.4) is 0 Å². The Morgan fingerprint density at radius 3 is 2.32 bits per heavy atom. The predicted octanol–water partition coefficient (Wildman–Crippen LogP) is 2.01. The minimum Gasteiger partial charge on any atom is -0.497 e. The van der Waals surface area contributed by atoms with E-state index < -0.39 is 22.0 Å². The summed E-state index contributed by atoms with van der Waals surface area (Å²) in [4.78, 5) is 12.5. The molecule has 9 heteroatoms. The Balaban J connectivity index is 2.18. The van der Waals surface area contributed by atoms with Gasteiger partial charge in [0.2, 0.25) is 10.0 Å². The van der Waals surface area contributed by atoms with Gasteiger partial charge in [0, 0.05) is 5.56 Å². The Morgan fingerprint density at radius 2 is 1.75 bits per heavy atom. The Bertz CT molecular complexity index is 942. The number of nitrogens with one attached hydrogen (secondary N) is 1. The van der Waals surface area contributed by atoms with Crippen molar-refractivity contribution < 1.29 is 22.7 Å². The first-order chi connectivity index (χ1) is 13.3. The number of carbonyl (C=O) groups excluding carboxylic acids is 1. The molecule has 0 aromatic heterocycles. The lowest BCUT2D eigenvalue weighted by Gasteiger charge is -2.27. The van der Waals surface area contributed by atoms with Gasteiger partial charge < -0.3 is 9.47 Å². The van der Waals surface area contributed by atoms with Gasteiger partial charge in [-0.15, -0.1) is 0 Å². The van der Waals surface area contributed by atoms with E-state index in [-0.39, 0.29) is 0 Å². The first-order valence-corrected chi connectivity index (χ1v) is 10.2. The second-order valence-corrected chi connectivity index (χ2v) is 7.77. The zero-order chi connectivity index (χ0) is 20.7. The van der Waals surface area contributed by atoms with Crippen LogP contribution in [0, 0.1) is 0 Å². The molecule has 1 amide bonds. The third kappa shape index (κ3) is 5.23. The van der Waals surface area contributed by atoms with Crippen LogP contribution in [0.2, 0.25) is 0 Å². The van der Waals surface area contributed by atoms with Gasteiger partial charge in [0.05, 0.1) is 32.4 Å². The highest BCUT2D eigenvalue weighted by Gasteiger charge is 2.29. The van der Waals surface area contributed by atoms with E-state index in [1.54, 1.807) is 36.4 Å². The van der Waals surface area contributed by atoms with Crippen LogP contribution in [0.25, 0.3) is 0 Å². The highest BCUT2D eigenvalue weighted by atomic mass is 32.2. The molecule has 2 aromatic carbocycles. The fourth-order valence-electron chi connectivity index (χ4n) is 2.57. The van der Waals surface area contributed by atoms with Crippen molar-refractivity contribution in [1.82, 2.24) is 5.43 Å². The number of rotatable bonds is 8. The van der Waals surface area contributed by atoms with Crippen molar-refractivity contribution in [2.24, 2.45) is 5.10 Å². The molecule has 0 heterocycles. The third-order valence-corrected chi connectivity index (χ3v) is 5.17. The average Bonchev–Trinajstić information content (AvgIpc) is 2.67. The molecule has 0 spiro atoms. The van der Waals surface area contributed by atoms with Gasteiger partial charge in [0.15, 0.2) is 0 Å². The Morgan fingerprint density at radius 1 is 1.11 bits per heavy atom. The van der Waals surface area contributed by atoms with E-state index in [1.165, 1.54) is 27.4 Å². The fraction of sp³-hybridized carbons (Fsp3) is 0.263. The van der Waals surface area contributed by atoms with Crippen LogP contribution in [0.15, 0.2) is 53.6 Å². The summed E-state index contributed by atoms with van der Waals surface area (Å²) in [6.45, 7) is 1.49. The van der Waals surface area contributed by atoms with Gasteiger partial charge in [-0.2, -0.15) is 5.10 Å². The molecule has 28 heavy (non-hydrogen) atoms. The Hall–Kier alpha value is -3.07. The average molecular weight is 405 g/mol. The Labute approximate surface area is 164 Å². The Kier molecular flexibility index (Phi) is 7.00. The molecule has 0 fully saturated rings. The van der Waals surface area contributed by atoms with Gasteiger partial charge in [-0.05, 0) is 43.3 Å². The van der Waals surface area contributed by atoms with Crippen LogP contribution in [0.4, 0.5) is 5.69 Å². The number of hydrazone groups is 1. The molecular formula is C19H23N3O5S. The van der Waals surface area contributed by atoms with Crippen LogP contribution in [0.1, 0.15) is 12.5 Å². The van der Waals surface area contributed by atoms with E-state index in [9.17, 15) is 13.2 Å². The summed E-state index contributed by atoms with van der Waals surface area (Å²) < 4.78 is 35.9. The monoisotopic (exact) mass is 405 g/mol. The van der Waals surface area contributed by atoms with Crippen LogP contribution in [-0.2, 0) is 14.8 Å². The molecular weight excluding hydrogens is 382 g/mol. The van der Waals surface area contributed by atoms with Gasteiger partial charge in [-0.1, -0.05) is 12.1 Å². The molecule has 1 atom stereocenters. The van der Waals surface area contributed by atoms with E-state index in [1.807, 2.05) is 12.1 Å². The van der Waals surface area contributed by atoms with E-state index in [2.05, 4.69) is 10.5 Å². The molecule has 150 valence electrons. The lowest BCUT2D eigenvalue weighted by molar-refractivity contribution is -0.121. The lowest BCUT2D eigenvalue weighted by atomic mass is 10.2. The second kappa shape index (κ2) is 9.23. The van der Waals surface area contributed by atoms with Crippen molar-refractivity contribution >= 4 is 27.8 Å². The van der Waals surface area contributed by atoms with E-state index in [0.29, 0.717) is 22.7 Å². The van der Waals surface area contributed by atoms with Crippen LogP contribution >= 0.6 is 0 Å². The van der Waals surface area contributed by atoms with Crippen molar-refractivity contribution in [2.45, 2.75) is 13.0 Å². The highest BCUT2D eigenvalue weighted by molar-refractivity contribution is 7.92. The SMILES string of the molecule is COc1ccc(N([C@H](C)C(=O)N/N=C\c2ccccc2OC)S(C)(=O)=O)cc1. The van der Waals surface area contributed by atoms with Crippen LogP contribution in [0.5, 0.6) is 11.5 Å². The normalized spacial score (nSPS) is 12.4. The van der Waals surface area contributed by atoms with Crippen molar-refractivity contribution in [3.05, 3.63) is 54.1 Å². The van der Waals surface area contributed by atoms with Crippen LogP contribution in [-0.4, -0.2) is 47.1 Å². The molecule has 0 aliphatic carbocycles. The first-order valence-electron chi connectivity index (χ1n) is 8.37. The van der Waals surface area contributed by atoms with Crippen LogP contribution < -0.4 is 19.2 Å². The highest BCUT2D eigenvalue weighted by Crippen LogP contribution is 2.23. The van der Waals surface area contributed by atoms with Crippen molar-refractivity contribution in [1.29, 1.82) is 0 Å². The van der Waals surface area contributed by atoms with E-state index in [4.69, 9.17) is 9.47 Å². The third-order valence-electron chi connectivity index (χ3n) is 3.93. The summed E-state index contributed by atoms with van der Waals surface area (Å²) in [6.07, 6.45) is 2.47. The lowest BCUT2D eigenvalue weighted by Crippen LogP contribution is -2.46. The molecule has 8 nitrogen and oxygen atoms in total. The quantitative estimate of drug-likeness (QED) is 0.535. The maximum atomic E-state index is 12.5. The molecule has 0 unspecified atom stereocenters. The summed E-state index contributed by atoms with van der Waals surface area (Å²) in [7, 11) is -0.663. The smallest absolute Gasteiger partial charge is 0.263 e. The maximum Gasteiger partial charge on any atom is 0.263 e. The molecule has 2 aromatic rings. The number of sulfonamides is 1. The van der Waals surface area contributed by atoms with Gasteiger partial charge >= 0.3 is 0 Å². The largest absolute Gasteiger partial charge is 0.497 e. The fourth-order valence-corrected chi connectivity index (χ4v) is 3.74. The number of nitrogens with zero attached hydrogens (tertiary/aromatic N) is 2. The zero-order valence-electron chi connectivity index (χ0n) is 16.1. The number of benzene rings is 2. The summed E-state index contributed by atoms with van der Waals surface area (Å²) in [6, 6.07) is 12.5. The molecule has 1 N–H and O–H groups in total. The topological polar surface area (TPSA) is 97.3 Å². The number of methoxy groups -OCH3 is 2. The predicted molar refractivity (Wildman–Crippen MR) is 109 cm³/mol. The summed E-state index contributed by atoms with van der Waals surface area (Å²) >= 11 is 0. The second-order valence-electron chi connectivity index (χ2n) is 5.91. The standard InChI is InChI=1S/C19H23N3O5S/c1-14(19(23)21-20-13-15-7-5-6-8-18(15)27-3)22(28(4,24)25)16-9-11-17(26-2)12-10-16/h5-14H,1-4H3,(H,21,23)/b20-13-/t14-/m1/s1. The number of carbonyl (C=O) groups is 1. The number of amides is 1. The summed E-state index contributed by atoms with van der Waals surface area (Å²) in [5.74, 6) is 0.604. The minimum absolute atomic E-state index is 0.347. The number of anilines is 1. The van der Waals surface area contributed by atoms with E-state index >= 15 is 0 Å². The number of ether oxygens (including phenoxy) is 2. The summed E-state index contributed by atoms with van der Waals surface area (Å²) in [5.41, 5.74) is 3.39. The van der Waals surface area contributed by atoms with Crippen molar-refractivity contribution in [3.8, 4) is 11.5 Å². The summed E-state index contributed by atoms with van der Waals surface area (Å²) in [5, 5.41) is 3.91. The molecule has 0 saturated carbocycles. The van der Waals surface area contributed by atoms with E-state index in [0.717, 1.165) is 10.6 Å². The van der Waals surface area contributed by atoms with Crippen molar-refractivity contribution in [2.75, 3.05) is 24.8 Å². The molecule has 0 aliphatic rings. The number of hydrogen-bond acceptors (Lipinski definition) is 6. The molecule has 0 radical (unpaired) electrons. The molecule has 0 bridgehead atoms. The minimum atomic E-state index is -3.71. The maximum absolute atomic E-state index is 12.5. The first kappa shape index (κ1) is 21.2. The van der Waals surface area contributed by atoms with Gasteiger partial charge in [-0.3, -0.25) is 9.10 Å². The van der Waals surface area contributed by atoms with Gasteiger partial charge in [0.1, 0.15) is 17.5 Å². The molecule has 2 rings (SSSR count). The number of hydrogen-bond donors (Lipinski definition) is 1. The zero-order valence-corrected chi connectivity index (χ0v) is 16.9. The van der Waals surface area contributed by atoms with Crippen molar-refractivity contribution in [3.63, 3.8) is 0 Å².